The molecule has 8 nitrogen and oxygen atoms in total. The van der Waals surface area contributed by atoms with Crippen molar-refractivity contribution in [3.8, 4) is 28.4 Å². The molecule has 0 amide bonds. The fourth-order valence-electron chi connectivity index (χ4n) is 3.54. The summed E-state index contributed by atoms with van der Waals surface area (Å²) in [6.07, 6.45) is -1.52. The standard InChI is InChI=1S/C23H18F3N7O/c1-14-5-4-7-17(30-14)22-21(15-9-10-20-28-13-29-33(20)12-15)31-19(32-22)11-27-16-6-2-3-8-18(16)34-23(24,25)26/h2-10,12-13,27H,11H2,1H3,(H,31,32). The van der Waals surface area contributed by atoms with Crippen LogP contribution in [0.2, 0.25) is 0 Å². The number of halogens is 3. The second-order valence-electron chi connectivity index (χ2n) is 7.45. The fourth-order valence-corrected chi connectivity index (χ4v) is 3.54. The van der Waals surface area contributed by atoms with Crippen LogP contribution in [0.5, 0.6) is 5.75 Å². The molecule has 4 aromatic heterocycles. The number of nitrogens with one attached hydrogen (secondary N) is 2. The van der Waals surface area contributed by atoms with E-state index in [9.17, 15) is 13.2 Å². The van der Waals surface area contributed by atoms with Crippen LogP contribution in [0, 0.1) is 6.92 Å². The second-order valence-corrected chi connectivity index (χ2v) is 7.45. The number of rotatable bonds is 6. The Bertz CT molecular complexity index is 1460. The highest BCUT2D eigenvalue weighted by Crippen LogP contribution is 2.32. The number of imidazole rings is 1. The summed E-state index contributed by atoms with van der Waals surface area (Å²) in [7, 11) is 0. The average Bonchev–Trinajstić information content (AvgIpc) is 3.44. The molecule has 0 aliphatic carbocycles. The smallest absolute Gasteiger partial charge is 0.404 e. The van der Waals surface area contributed by atoms with E-state index in [1.807, 2.05) is 43.5 Å². The van der Waals surface area contributed by atoms with Crippen LogP contribution in [0.4, 0.5) is 18.9 Å². The quantitative estimate of drug-likeness (QED) is 0.367. The molecule has 0 bridgehead atoms. The largest absolute Gasteiger partial charge is 0.573 e. The normalized spacial score (nSPS) is 11.6. The summed E-state index contributed by atoms with van der Waals surface area (Å²) in [5.74, 6) is 0.188. The number of alkyl halides is 3. The number of pyridine rings is 2. The van der Waals surface area contributed by atoms with Gasteiger partial charge < -0.3 is 15.0 Å². The van der Waals surface area contributed by atoms with E-state index < -0.39 is 6.36 Å². The summed E-state index contributed by atoms with van der Waals surface area (Å²) in [6.45, 7) is 2.02. The van der Waals surface area contributed by atoms with Gasteiger partial charge in [-0.2, -0.15) is 5.10 Å². The van der Waals surface area contributed by atoms with Gasteiger partial charge in [0.25, 0.3) is 0 Å². The molecular formula is C23H18F3N7O. The molecule has 5 aromatic rings. The Morgan fingerprint density at radius 3 is 2.71 bits per heavy atom. The van der Waals surface area contributed by atoms with Gasteiger partial charge in [0.15, 0.2) is 11.4 Å². The van der Waals surface area contributed by atoms with Crippen molar-refractivity contribution >= 4 is 11.3 Å². The lowest BCUT2D eigenvalue weighted by atomic mass is 10.1. The van der Waals surface area contributed by atoms with Crippen LogP contribution in [-0.4, -0.2) is 35.9 Å². The number of nitrogens with zero attached hydrogens (tertiary/aromatic N) is 5. The van der Waals surface area contributed by atoms with E-state index in [-0.39, 0.29) is 18.0 Å². The van der Waals surface area contributed by atoms with E-state index in [0.717, 1.165) is 11.3 Å². The molecule has 0 atom stereocenters. The summed E-state index contributed by atoms with van der Waals surface area (Å²) < 4.78 is 44.0. The summed E-state index contributed by atoms with van der Waals surface area (Å²) in [6, 6.07) is 15.2. The molecule has 5 rings (SSSR count). The van der Waals surface area contributed by atoms with E-state index in [2.05, 4.69) is 30.1 Å². The molecule has 4 heterocycles. The Morgan fingerprint density at radius 2 is 1.88 bits per heavy atom. The van der Waals surface area contributed by atoms with Gasteiger partial charge >= 0.3 is 6.36 Å². The van der Waals surface area contributed by atoms with Gasteiger partial charge in [-0.25, -0.2) is 14.5 Å². The first-order valence-corrected chi connectivity index (χ1v) is 10.3. The van der Waals surface area contributed by atoms with Gasteiger partial charge in [0.05, 0.1) is 29.3 Å². The average molecular weight is 465 g/mol. The number of hydrogen-bond donors (Lipinski definition) is 2. The number of H-pyrrole nitrogens is 1. The summed E-state index contributed by atoms with van der Waals surface area (Å²) in [5, 5.41) is 7.14. The molecule has 0 spiro atoms. The minimum Gasteiger partial charge on any atom is -0.404 e. The second kappa shape index (κ2) is 8.50. The molecule has 0 saturated carbocycles. The number of benzene rings is 1. The highest BCUT2D eigenvalue weighted by atomic mass is 19.4. The molecule has 0 aliphatic rings. The van der Waals surface area contributed by atoms with E-state index in [1.54, 1.807) is 10.6 Å². The third-order valence-corrected chi connectivity index (χ3v) is 5.00. The van der Waals surface area contributed by atoms with Gasteiger partial charge in [-0.15, -0.1) is 13.2 Å². The Labute approximate surface area is 191 Å². The maximum absolute atomic E-state index is 12.7. The SMILES string of the molecule is Cc1cccc(-c2[nH]c(CNc3ccccc3OC(F)(F)F)nc2-c2ccc3ncnn3c2)n1. The maximum Gasteiger partial charge on any atom is 0.573 e. The van der Waals surface area contributed by atoms with Crippen LogP contribution in [-0.2, 0) is 6.54 Å². The van der Waals surface area contributed by atoms with E-state index >= 15 is 0 Å². The molecule has 34 heavy (non-hydrogen) atoms. The van der Waals surface area contributed by atoms with Crippen molar-refractivity contribution in [3.63, 3.8) is 0 Å². The number of aryl methyl sites for hydroxylation is 1. The zero-order valence-electron chi connectivity index (χ0n) is 17.8. The van der Waals surface area contributed by atoms with Crippen LogP contribution >= 0.6 is 0 Å². The van der Waals surface area contributed by atoms with Crippen molar-refractivity contribution in [3.05, 3.63) is 78.6 Å². The summed E-state index contributed by atoms with van der Waals surface area (Å²) in [5.41, 5.74) is 4.50. The van der Waals surface area contributed by atoms with E-state index in [1.165, 1.54) is 24.5 Å². The van der Waals surface area contributed by atoms with Crippen molar-refractivity contribution in [2.24, 2.45) is 0 Å². The lowest BCUT2D eigenvalue weighted by molar-refractivity contribution is -0.274. The third-order valence-electron chi connectivity index (χ3n) is 5.00. The van der Waals surface area contributed by atoms with Crippen molar-refractivity contribution in [1.82, 2.24) is 29.5 Å². The van der Waals surface area contributed by atoms with Gasteiger partial charge in [0.2, 0.25) is 0 Å². The monoisotopic (exact) mass is 465 g/mol. The molecule has 172 valence electrons. The minimum atomic E-state index is -4.79. The van der Waals surface area contributed by atoms with Gasteiger partial charge in [-0.05, 0) is 43.3 Å². The van der Waals surface area contributed by atoms with Gasteiger partial charge in [-0.3, -0.25) is 4.98 Å². The molecule has 0 radical (unpaired) electrons. The Hall–Kier alpha value is -4.41. The number of anilines is 1. The lowest BCUT2D eigenvalue weighted by Gasteiger charge is -2.13. The number of hydrogen-bond acceptors (Lipinski definition) is 6. The highest BCUT2D eigenvalue weighted by molar-refractivity contribution is 5.77. The third kappa shape index (κ3) is 4.53. The summed E-state index contributed by atoms with van der Waals surface area (Å²) in [4.78, 5) is 16.7. The predicted molar refractivity (Wildman–Crippen MR) is 119 cm³/mol. The summed E-state index contributed by atoms with van der Waals surface area (Å²) >= 11 is 0. The topological polar surface area (TPSA) is 93.0 Å². The Kier molecular flexibility index (Phi) is 5.36. The van der Waals surface area contributed by atoms with E-state index in [4.69, 9.17) is 4.98 Å². The van der Waals surface area contributed by atoms with Crippen LogP contribution in [0.1, 0.15) is 11.5 Å². The molecule has 0 saturated heterocycles. The number of para-hydroxylation sites is 2. The first-order valence-electron chi connectivity index (χ1n) is 10.3. The Morgan fingerprint density at radius 1 is 1.03 bits per heavy atom. The first kappa shape index (κ1) is 21.4. The van der Waals surface area contributed by atoms with Crippen LogP contribution in [0.25, 0.3) is 28.3 Å². The van der Waals surface area contributed by atoms with Crippen molar-refractivity contribution in [2.45, 2.75) is 19.8 Å². The van der Waals surface area contributed by atoms with Gasteiger partial charge in [0.1, 0.15) is 12.2 Å². The maximum atomic E-state index is 12.7. The van der Waals surface area contributed by atoms with Crippen molar-refractivity contribution in [1.29, 1.82) is 0 Å². The van der Waals surface area contributed by atoms with Gasteiger partial charge in [-0.1, -0.05) is 18.2 Å². The zero-order valence-corrected chi connectivity index (χ0v) is 17.8. The lowest BCUT2D eigenvalue weighted by Crippen LogP contribution is -2.18. The number of ether oxygens (including phenoxy) is 1. The predicted octanol–water partition coefficient (Wildman–Crippen LogP) is 5.00. The van der Waals surface area contributed by atoms with Gasteiger partial charge in [0, 0.05) is 17.5 Å². The van der Waals surface area contributed by atoms with Crippen molar-refractivity contribution in [2.75, 3.05) is 5.32 Å². The zero-order chi connectivity index (χ0) is 23.7. The highest BCUT2D eigenvalue weighted by Gasteiger charge is 2.32. The molecule has 2 N–H and O–H groups in total. The molecule has 1 aromatic carbocycles. The van der Waals surface area contributed by atoms with Crippen LogP contribution in [0.3, 0.4) is 0 Å². The number of fused-ring (bicyclic) bond motifs is 1. The molecule has 0 unspecified atom stereocenters. The Balaban J connectivity index is 1.50. The number of aromatic amines is 1. The molecule has 0 aliphatic heterocycles. The minimum absolute atomic E-state index is 0.128. The molecule has 0 fully saturated rings. The number of aromatic nitrogens is 6. The van der Waals surface area contributed by atoms with Crippen LogP contribution in [0.15, 0.2) is 67.1 Å². The fraction of sp³-hybridized carbons (Fsp3) is 0.130. The van der Waals surface area contributed by atoms with Crippen molar-refractivity contribution < 1.29 is 17.9 Å². The molecular weight excluding hydrogens is 447 g/mol. The molecule has 11 heteroatoms. The van der Waals surface area contributed by atoms with E-state index in [0.29, 0.717) is 28.6 Å². The van der Waals surface area contributed by atoms with Crippen LogP contribution < -0.4 is 10.1 Å². The first-order chi connectivity index (χ1) is 16.4.